The van der Waals surface area contributed by atoms with Crippen molar-refractivity contribution in [2.45, 2.75) is 0 Å². The van der Waals surface area contributed by atoms with Gasteiger partial charge in [-0.1, -0.05) is 42.5 Å². The smallest absolute Gasteiger partial charge is 0.223 e. The zero-order valence-electron chi connectivity index (χ0n) is 14.7. The second-order valence-corrected chi connectivity index (χ2v) is 7.20. The second-order valence-electron chi connectivity index (χ2n) is 6.87. The summed E-state index contributed by atoms with van der Waals surface area (Å²) in [5.74, 6) is 0. The molecule has 0 aliphatic rings. The molecule has 0 atom stereocenters. The number of rotatable bonds is 1. The van der Waals surface area contributed by atoms with E-state index >= 15 is 0 Å². The zero-order chi connectivity index (χ0) is 18.7. The van der Waals surface area contributed by atoms with Crippen LogP contribution < -0.4 is 0 Å². The Bertz CT molecular complexity index is 1530. The number of aromatic nitrogens is 2. The van der Waals surface area contributed by atoms with Gasteiger partial charge in [-0.2, -0.15) is 0 Å². The van der Waals surface area contributed by atoms with Crippen molar-refractivity contribution in [3.8, 4) is 11.3 Å². The van der Waals surface area contributed by atoms with Gasteiger partial charge in [0.25, 0.3) is 0 Å². The van der Waals surface area contributed by atoms with Crippen LogP contribution in [0, 0.1) is 0 Å². The van der Waals surface area contributed by atoms with Crippen molar-refractivity contribution in [1.82, 2.24) is 9.97 Å². The van der Waals surface area contributed by atoms with Gasteiger partial charge in [0.2, 0.25) is 5.28 Å². The fourth-order valence-electron chi connectivity index (χ4n) is 3.88. The second kappa shape index (κ2) is 5.78. The summed E-state index contributed by atoms with van der Waals surface area (Å²) in [5, 5.41) is 5.75. The van der Waals surface area contributed by atoms with Crippen molar-refractivity contribution in [1.29, 1.82) is 0 Å². The molecule has 2 heterocycles. The SMILES string of the molecule is Clc1nc(-c2ccc3oc4cc5ccccc5cc4c3c2)c2ccccc2n1. The van der Waals surface area contributed by atoms with Gasteiger partial charge in [0, 0.05) is 21.7 Å². The summed E-state index contributed by atoms with van der Waals surface area (Å²) in [6.45, 7) is 0. The summed E-state index contributed by atoms with van der Waals surface area (Å²) >= 11 is 6.19. The third-order valence-electron chi connectivity index (χ3n) is 5.19. The molecule has 2 aromatic heterocycles. The lowest BCUT2D eigenvalue weighted by atomic mass is 10.0. The molecule has 0 aliphatic heterocycles. The number of nitrogens with zero attached hydrogens (tertiary/aromatic N) is 2. The quantitative estimate of drug-likeness (QED) is 0.288. The van der Waals surface area contributed by atoms with Crippen LogP contribution in [0.4, 0.5) is 0 Å². The van der Waals surface area contributed by atoms with Gasteiger partial charge in [-0.3, -0.25) is 0 Å². The van der Waals surface area contributed by atoms with Gasteiger partial charge in [-0.05, 0) is 58.8 Å². The predicted octanol–water partition coefficient (Wildman–Crippen LogP) is 7.00. The number of benzene rings is 4. The highest BCUT2D eigenvalue weighted by Gasteiger charge is 2.13. The molecule has 0 aliphatic carbocycles. The average molecular weight is 381 g/mol. The molecule has 4 aromatic carbocycles. The molecule has 0 fully saturated rings. The minimum atomic E-state index is 0.247. The van der Waals surface area contributed by atoms with E-state index in [1.54, 1.807) is 0 Å². The molecule has 3 nitrogen and oxygen atoms in total. The van der Waals surface area contributed by atoms with Crippen molar-refractivity contribution < 1.29 is 4.42 Å². The van der Waals surface area contributed by atoms with Gasteiger partial charge in [-0.25, -0.2) is 9.97 Å². The predicted molar refractivity (Wildman–Crippen MR) is 115 cm³/mol. The van der Waals surface area contributed by atoms with Crippen molar-refractivity contribution in [2.24, 2.45) is 0 Å². The van der Waals surface area contributed by atoms with Gasteiger partial charge in [0.1, 0.15) is 11.2 Å². The molecule has 0 amide bonds. The Labute approximate surface area is 165 Å². The summed E-state index contributed by atoms with van der Waals surface area (Å²) < 4.78 is 6.10. The molecule has 4 heteroatoms. The molecule has 0 N–H and O–H groups in total. The van der Waals surface area contributed by atoms with Crippen LogP contribution in [0.2, 0.25) is 5.28 Å². The largest absolute Gasteiger partial charge is 0.456 e. The maximum Gasteiger partial charge on any atom is 0.223 e. The maximum atomic E-state index is 6.19. The first kappa shape index (κ1) is 15.6. The zero-order valence-corrected chi connectivity index (χ0v) is 15.4. The van der Waals surface area contributed by atoms with Crippen molar-refractivity contribution in [2.75, 3.05) is 0 Å². The van der Waals surface area contributed by atoms with Crippen molar-refractivity contribution >= 4 is 55.2 Å². The monoisotopic (exact) mass is 380 g/mol. The minimum absolute atomic E-state index is 0.247. The number of para-hydroxylation sites is 1. The van der Waals surface area contributed by atoms with Gasteiger partial charge < -0.3 is 4.42 Å². The van der Waals surface area contributed by atoms with E-state index in [1.807, 2.05) is 42.5 Å². The van der Waals surface area contributed by atoms with E-state index in [2.05, 4.69) is 46.4 Å². The Morgan fingerprint density at radius 3 is 2.29 bits per heavy atom. The van der Waals surface area contributed by atoms with Gasteiger partial charge >= 0.3 is 0 Å². The molecule has 0 unspecified atom stereocenters. The average Bonchev–Trinajstić information content (AvgIpc) is 3.08. The Hall–Kier alpha value is -3.43. The third kappa shape index (κ3) is 2.30. The number of hydrogen-bond donors (Lipinski definition) is 0. The lowest BCUT2D eigenvalue weighted by Crippen LogP contribution is -1.91. The first-order chi connectivity index (χ1) is 13.8. The van der Waals surface area contributed by atoms with Crippen molar-refractivity contribution in [3.05, 3.63) is 84.1 Å². The van der Waals surface area contributed by atoms with Gasteiger partial charge in [-0.15, -0.1) is 0 Å². The first-order valence-electron chi connectivity index (χ1n) is 9.04. The van der Waals surface area contributed by atoms with Crippen LogP contribution in [-0.2, 0) is 0 Å². The molecule has 0 radical (unpaired) electrons. The van der Waals surface area contributed by atoms with Gasteiger partial charge in [0.15, 0.2) is 0 Å². The van der Waals surface area contributed by atoms with E-state index in [4.69, 9.17) is 16.0 Å². The summed E-state index contributed by atoms with van der Waals surface area (Å²) in [6.07, 6.45) is 0. The molecular weight excluding hydrogens is 368 g/mol. The molecule has 6 aromatic rings. The van der Waals surface area contributed by atoms with Crippen LogP contribution >= 0.6 is 11.6 Å². The summed E-state index contributed by atoms with van der Waals surface area (Å²) in [5.41, 5.74) is 4.40. The van der Waals surface area contributed by atoms with Gasteiger partial charge in [0.05, 0.1) is 11.2 Å². The fraction of sp³-hybridized carbons (Fsp3) is 0. The van der Waals surface area contributed by atoms with E-state index < -0.39 is 0 Å². The lowest BCUT2D eigenvalue weighted by Gasteiger charge is -2.06. The molecule has 0 saturated carbocycles. The normalized spacial score (nSPS) is 11.8. The molecule has 28 heavy (non-hydrogen) atoms. The maximum absolute atomic E-state index is 6.19. The Morgan fingerprint density at radius 2 is 1.39 bits per heavy atom. The fourth-order valence-corrected chi connectivity index (χ4v) is 4.05. The first-order valence-corrected chi connectivity index (χ1v) is 9.42. The number of halogens is 1. The topological polar surface area (TPSA) is 38.9 Å². The number of fused-ring (bicyclic) bond motifs is 5. The van der Waals surface area contributed by atoms with Crippen molar-refractivity contribution in [3.63, 3.8) is 0 Å². The molecule has 0 saturated heterocycles. The molecular formula is C24H13ClN2O. The van der Waals surface area contributed by atoms with E-state index in [1.165, 1.54) is 10.8 Å². The lowest BCUT2D eigenvalue weighted by molar-refractivity contribution is 0.669. The third-order valence-corrected chi connectivity index (χ3v) is 5.36. The van der Waals surface area contributed by atoms with E-state index in [0.29, 0.717) is 0 Å². The van der Waals surface area contributed by atoms with Crippen LogP contribution in [0.5, 0.6) is 0 Å². The Kier molecular flexibility index (Phi) is 3.22. The Balaban J connectivity index is 1.67. The van der Waals surface area contributed by atoms with E-state index in [-0.39, 0.29) is 5.28 Å². The summed E-state index contributed by atoms with van der Waals surface area (Å²) in [4.78, 5) is 8.85. The minimum Gasteiger partial charge on any atom is -0.456 e. The standard InChI is InChI=1S/C24H13ClN2O/c25-24-26-20-8-4-3-7-17(20)23(27-24)16-9-10-21-18(12-16)19-11-14-5-1-2-6-15(14)13-22(19)28-21/h1-13H. The van der Waals surface area contributed by atoms with Crippen LogP contribution in [0.3, 0.4) is 0 Å². The van der Waals surface area contributed by atoms with Crippen LogP contribution in [-0.4, -0.2) is 9.97 Å². The highest BCUT2D eigenvalue weighted by atomic mass is 35.5. The molecule has 0 spiro atoms. The van der Waals surface area contributed by atoms with Crippen LogP contribution in [0.1, 0.15) is 0 Å². The molecule has 132 valence electrons. The van der Waals surface area contributed by atoms with E-state index in [9.17, 15) is 0 Å². The summed E-state index contributed by atoms with van der Waals surface area (Å²) in [7, 11) is 0. The summed E-state index contributed by atoms with van der Waals surface area (Å²) in [6, 6.07) is 26.7. The van der Waals surface area contributed by atoms with Crippen LogP contribution in [0.15, 0.2) is 83.3 Å². The Morgan fingerprint density at radius 1 is 0.643 bits per heavy atom. The van der Waals surface area contributed by atoms with E-state index in [0.717, 1.165) is 44.1 Å². The highest BCUT2D eigenvalue weighted by molar-refractivity contribution is 6.29. The highest BCUT2D eigenvalue weighted by Crippen LogP contribution is 2.36. The molecule has 0 bridgehead atoms. The number of furan rings is 1. The van der Waals surface area contributed by atoms with Crippen LogP contribution in [0.25, 0.3) is 54.9 Å². The number of hydrogen-bond acceptors (Lipinski definition) is 3. The molecule has 6 rings (SSSR count).